The molecule has 3 heterocycles. The molecule has 1 unspecified atom stereocenters. The lowest BCUT2D eigenvalue weighted by atomic mass is 9.99. The number of para-hydroxylation sites is 1. The number of nitrogens with one attached hydrogen (secondary N) is 2. The summed E-state index contributed by atoms with van der Waals surface area (Å²) >= 11 is 0. The van der Waals surface area contributed by atoms with E-state index in [9.17, 15) is 9.59 Å². The van der Waals surface area contributed by atoms with Crippen molar-refractivity contribution in [3.63, 3.8) is 0 Å². The number of hydrogen-bond acceptors (Lipinski definition) is 4. The number of nitrogens with two attached hydrogens (primary N) is 1. The van der Waals surface area contributed by atoms with Gasteiger partial charge in [-0.1, -0.05) is 30.7 Å². The second kappa shape index (κ2) is 6.49. The fourth-order valence-corrected chi connectivity index (χ4v) is 4.53. The number of imide groups is 1. The number of aromatic amines is 1. The minimum Gasteiger partial charge on any atom is -0.398 e. The molecule has 0 bridgehead atoms. The normalized spacial score (nSPS) is 22.5. The summed E-state index contributed by atoms with van der Waals surface area (Å²) in [7, 11) is 0. The standard InChI is InChI=1S/C22H22N4O2/c23-15-8-5-7-14-19(15)22(28)26(21(14)27)18-10-3-4-11-24-20(18)17-12-13-6-1-2-9-16(13)25-17/h1-2,5-9,12,18,20,24-25H,3-4,10-11,23H2/t18-,20?/m1/s1. The highest BCUT2D eigenvalue weighted by atomic mass is 16.2. The van der Waals surface area contributed by atoms with Crippen LogP contribution in [0.25, 0.3) is 10.9 Å². The molecule has 1 saturated heterocycles. The number of fused-ring (bicyclic) bond motifs is 2. The Morgan fingerprint density at radius 3 is 2.68 bits per heavy atom. The highest BCUT2D eigenvalue weighted by Crippen LogP contribution is 2.36. The van der Waals surface area contributed by atoms with Gasteiger partial charge in [0, 0.05) is 16.9 Å². The number of rotatable bonds is 2. The van der Waals surface area contributed by atoms with Crippen LogP contribution in [0.2, 0.25) is 0 Å². The predicted molar refractivity (Wildman–Crippen MR) is 108 cm³/mol. The quantitative estimate of drug-likeness (QED) is 0.474. The van der Waals surface area contributed by atoms with Crippen molar-refractivity contribution in [1.82, 2.24) is 15.2 Å². The maximum Gasteiger partial charge on any atom is 0.263 e. The molecule has 2 amide bonds. The van der Waals surface area contributed by atoms with Gasteiger partial charge in [-0.2, -0.15) is 0 Å². The van der Waals surface area contributed by atoms with E-state index >= 15 is 0 Å². The number of anilines is 1. The van der Waals surface area contributed by atoms with E-state index in [1.54, 1.807) is 18.2 Å². The van der Waals surface area contributed by atoms with E-state index in [0.717, 1.165) is 42.4 Å². The molecule has 142 valence electrons. The van der Waals surface area contributed by atoms with Crippen molar-refractivity contribution >= 4 is 28.4 Å². The number of aromatic nitrogens is 1. The Morgan fingerprint density at radius 1 is 1.00 bits per heavy atom. The molecule has 2 atom stereocenters. The summed E-state index contributed by atoms with van der Waals surface area (Å²) in [5.74, 6) is -0.532. The zero-order valence-corrected chi connectivity index (χ0v) is 15.4. The monoisotopic (exact) mass is 374 g/mol. The molecule has 3 aromatic rings. The van der Waals surface area contributed by atoms with E-state index in [1.165, 1.54) is 4.90 Å². The molecule has 0 spiro atoms. The number of benzene rings is 2. The Labute approximate surface area is 162 Å². The molecule has 6 heteroatoms. The van der Waals surface area contributed by atoms with Gasteiger partial charge in [0.1, 0.15) is 0 Å². The first-order valence-electron chi connectivity index (χ1n) is 9.72. The van der Waals surface area contributed by atoms with Gasteiger partial charge in [-0.25, -0.2) is 0 Å². The van der Waals surface area contributed by atoms with Crippen molar-refractivity contribution in [1.29, 1.82) is 0 Å². The molecular weight excluding hydrogens is 352 g/mol. The van der Waals surface area contributed by atoms with E-state index in [1.807, 2.05) is 18.2 Å². The fourth-order valence-electron chi connectivity index (χ4n) is 4.53. The largest absolute Gasteiger partial charge is 0.398 e. The third kappa shape index (κ3) is 2.52. The van der Waals surface area contributed by atoms with Crippen molar-refractivity contribution < 1.29 is 9.59 Å². The molecule has 0 saturated carbocycles. The number of carbonyl (C=O) groups excluding carboxylic acids is 2. The SMILES string of the molecule is Nc1cccc2c1C(=O)N([C@@H]1CCCCNC1c1cc3ccccc3[nH]1)C2=O. The minimum absolute atomic E-state index is 0.140. The molecule has 0 aliphatic carbocycles. The minimum atomic E-state index is -0.284. The third-order valence-corrected chi connectivity index (χ3v) is 5.87. The van der Waals surface area contributed by atoms with Gasteiger partial charge in [0.2, 0.25) is 0 Å². The molecule has 28 heavy (non-hydrogen) atoms. The van der Waals surface area contributed by atoms with E-state index < -0.39 is 0 Å². The summed E-state index contributed by atoms with van der Waals surface area (Å²) in [4.78, 5) is 31.2. The van der Waals surface area contributed by atoms with Gasteiger partial charge < -0.3 is 16.0 Å². The van der Waals surface area contributed by atoms with Crippen LogP contribution in [0.15, 0.2) is 48.5 Å². The van der Waals surface area contributed by atoms with Gasteiger partial charge in [-0.05, 0) is 49.0 Å². The average Bonchev–Trinajstić information content (AvgIpc) is 3.12. The first-order chi connectivity index (χ1) is 13.6. The van der Waals surface area contributed by atoms with Crippen molar-refractivity contribution in [3.05, 3.63) is 65.4 Å². The second-order valence-electron chi connectivity index (χ2n) is 7.56. The maximum absolute atomic E-state index is 13.2. The number of hydrogen-bond donors (Lipinski definition) is 3. The molecule has 2 aliphatic heterocycles. The zero-order valence-electron chi connectivity index (χ0n) is 15.4. The first kappa shape index (κ1) is 17.0. The van der Waals surface area contributed by atoms with Crippen LogP contribution in [0.3, 0.4) is 0 Å². The fraction of sp³-hybridized carbons (Fsp3) is 0.273. The number of H-pyrrole nitrogens is 1. The summed E-state index contributed by atoms with van der Waals surface area (Å²) < 4.78 is 0. The van der Waals surface area contributed by atoms with Crippen LogP contribution in [-0.4, -0.2) is 34.3 Å². The highest BCUT2D eigenvalue weighted by molar-refractivity contribution is 6.23. The first-order valence-corrected chi connectivity index (χ1v) is 9.72. The molecule has 2 aromatic carbocycles. The van der Waals surface area contributed by atoms with Crippen molar-refractivity contribution in [2.45, 2.75) is 31.3 Å². The molecule has 2 aliphatic rings. The van der Waals surface area contributed by atoms with Crippen LogP contribution in [0, 0.1) is 0 Å². The summed E-state index contributed by atoms with van der Waals surface area (Å²) in [5, 5.41) is 4.68. The number of nitrogens with zero attached hydrogens (tertiary/aromatic N) is 1. The predicted octanol–water partition coefficient (Wildman–Crippen LogP) is 3.23. The topological polar surface area (TPSA) is 91.2 Å². The van der Waals surface area contributed by atoms with Crippen LogP contribution in [-0.2, 0) is 0 Å². The number of amides is 2. The molecule has 4 N–H and O–H groups in total. The molecule has 5 rings (SSSR count). The third-order valence-electron chi connectivity index (χ3n) is 5.87. The van der Waals surface area contributed by atoms with Gasteiger partial charge in [0.05, 0.1) is 23.2 Å². The Hall–Kier alpha value is -3.12. The smallest absolute Gasteiger partial charge is 0.263 e. The van der Waals surface area contributed by atoms with Crippen LogP contribution in [0.4, 0.5) is 5.69 Å². The summed E-state index contributed by atoms with van der Waals surface area (Å²) in [6.07, 6.45) is 2.73. The molecule has 1 fully saturated rings. The van der Waals surface area contributed by atoms with Crippen LogP contribution >= 0.6 is 0 Å². The second-order valence-corrected chi connectivity index (χ2v) is 7.56. The van der Waals surface area contributed by atoms with Crippen molar-refractivity contribution in [3.8, 4) is 0 Å². The lowest BCUT2D eigenvalue weighted by molar-refractivity contribution is 0.0542. The molecule has 0 radical (unpaired) electrons. The summed E-state index contributed by atoms with van der Waals surface area (Å²) in [6, 6.07) is 14.9. The van der Waals surface area contributed by atoms with Gasteiger partial charge in [-0.15, -0.1) is 0 Å². The number of nitrogen functional groups attached to an aromatic ring is 1. The Kier molecular flexibility index (Phi) is 3.94. The van der Waals surface area contributed by atoms with Gasteiger partial charge in [-0.3, -0.25) is 14.5 Å². The average molecular weight is 374 g/mol. The Morgan fingerprint density at radius 2 is 1.86 bits per heavy atom. The van der Waals surface area contributed by atoms with Gasteiger partial charge in [0.25, 0.3) is 11.8 Å². The van der Waals surface area contributed by atoms with E-state index in [4.69, 9.17) is 5.73 Å². The van der Waals surface area contributed by atoms with Crippen molar-refractivity contribution in [2.75, 3.05) is 12.3 Å². The Balaban J connectivity index is 1.57. The summed E-state index contributed by atoms with van der Waals surface area (Å²) in [5.41, 5.74) is 9.18. The van der Waals surface area contributed by atoms with E-state index in [-0.39, 0.29) is 23.9 Å². The summed E-state index contributed by atoms with van der Waals surface area (Å²) in [6.45, 7) is 0.849. The zero-order chi connectivity index (χ0) is 19.3. The molecule has 1 aromatic heterocycles. The number of carbonyl (C=O) groups is 2. The Bertz CT molecular complexity index is 1050. The molecular formula is C22H22N4O2. The van der Waals surface area contributed by atoms with Crippen LogP contribution < -0.4 is 11.1 Å². The maximum atomic E-state index is 13.2. The lowest BCUT2D eigenvalue weighted by Crippen LogP contribution is -2.46. The van der Waals surface area contributed by atoms with E-state index in [0.29, 0.717) is 16.8 Å². The van der Waals surface area contributed by atoms with E-state index in [2.05, 4.69) is 22.4 Å². The lowest BCUT2D eigenvalue weighted by Gasteiger charge is -2.32. The van der Waals surface area contributed by atoms with Crippen LogP contribution in [0.5, 0.6) is 0 Å². The van der Waals surface area contributed by atoms with Gasteiger partial charge in [0.15, 0.2) is 0 Å². The van der Waals surface area contributed by atoms with Crippen molar-refractivity contribution in [2.24, 2.45) is 0 Å². The van der Waals surface area contributed by atoms with Crippen LogP contribution in [0.1, 0.15) is 51.7 Å². The molecule has 6 nitrogen and oxygen atoms in total. The highest BCUT2D eigenvalue weighted by Gasteiger charge is 2.44. The van der Waals surface area contributed by atoms with Gasteiger partial charge >= 0.3 is 0 Å².